The van der Waals surface area contributed by atoms with Crippen molar-refractivity contribution in [3.8, 4) is 5.75 Å². The van der Waals surface area contributed by atoms with Crippen LogP contribution >= 0.6 is 0 Å². The third-order valence-electron chi connectivity index (χ3n) is 8.31. The molecule has 14 heteroatoms. The number of aliphatic hydroxyl groups is 1. The Hall–Kier alpha value is -3.49. The average Bonchev–Trinajstić information content (AvgIpc) is 3.27. The number of nitrogens with zero attached hydrogens (tertiary/aromatic N) is 4. The first-order valence-electron chi connectivity index (χ1n) is 13.6. The predicted molar refractivity (Wildman–Crippen MR) is 145 cm³/mol. The van der Waals surface area contributed by atoms with Crippen LogP contribution in [-0.2, 0) is 28.0 Å². The van der Waals surface area contributed by atoms with E-state index < -0.39 is 23.2 Å². The van der Waals surface area contributed by atoms with Gasteiger partial charge in [0.25, 0.3) is 0 Å². The molecule has 42 heavy (non-hydrogen) atoms. The van der Waals surface area contributed by atoms with Gasteiger partial charge in [-0.1, -0.05) is 6.07 Å². The monoisotopic (exact) mass is 594 g/mol. The maximum Gasteiger partial charge on any atom is 0.453 e. The first-order valence-corrected chi connectivity index (χ1v) is 13.6. The molecule has 2 aliphatic rings. The van der Waals surface area contributed by atoms with Crippen molar-refractivity contribution in [1.82, 2.24) is 25.0 Å². The number of rotatable bonds is 9. The van der Waals surface area contributed by atoms with Gasteiger partial charge in [-0.05, 0) is 49.9 Å². The minimum absolute atomic E-state index is 0.0453. The summed E-state index contributed by atoms with van der Waals surface area (Å²) < 4.78 is 65.7. The Morgan fingerprint density at radius 1 is 1.14 bits per heavy atom. The van der Waals surface area contributed by atoms with Crippen molar-refractivity contribution in [2.75, 3.05) is 39.2 Å². The summed E-state index contributed by atoms with van der Waals surface area (Å²) in [6.45, 7) is 1.19. The number of nitrogens with one attached hydrogen (secondary N) is 2. The van der Waals surface area contributed by atoms with Crippen LogP contribution in [0, 0.1) is 0 Å². The summed E-state index contributed by atoms with van der Waals surface area (Å²) in [4.78, 5) is 19.3. The van der Waals surface area contributed by atoms with Crippen LogP contribution in [0.4, 0.5) is 23.4 Å². The molecule has 10 nitrogen and oxygen atoms in total. The molecule has 1 saturated carbocycles. The second-order valence-corrected chi connectivity index (χ2v) is 10.9. The van der Waals surface area contributed by atoms with E-state index in [0.29, 0.717) is 56.0 Å². The number of ether oxygens (including phenoxy) is 2. The van der Waals surface area contributed by atoms with Gasteiger partial charge in [-0.2, -0.15) is 22.7 Å². The van der Waals surface area contributed by atoms with Crippen molar-refractivity contribution in [2.45, 2.75) is 55.4 Å². The minimum atomic E-state index is -5.28. The number of alkyl halides is 4. The molecule has 3 aromatic rings. The third kappa shape index (κ3) is 5.62. The van der Waals surface area contributed by atoms with Gasteiger partial charge in [-0.25, -0.2) is 0 Å². The lowest BCUT2D eigenvalue weighted by Crippen LogP contribution is -2.63. The maximum atomic E-state index is 14.8. The third-order valence-corrected chi connectivity index (χ3v) is 8.31. The maximum absolute atomic E-state index is 14.8. The van der Waals surface area contributed by atoms with Crippen LogP contribution in [0.2, 0.25) is 0 Å². The van der Waals surface area contributed by atoms with Crippen LogP contribution in [0.5, 0.6) is 5.75 Å². The molecule has 0 bridgehead atoms. The van der Waals surface area contributed by atoms with E-state index in [1.807, 2.05) is 0 Å². The van der Waals surface area contributed by atoms with Crippen molar-refractivity contribution in [3.05, 3.63) is 47.8 Å². The molecular formula is C28H34F4N6O4. The van der Waals surface area contributed by atoms with E-state index in [2.05, 4.69) is 30.4 Å². The number of hydrogen-bond donors (Lipinski definition) is 3. The molecule has 3 N–H and O–H groups in total. The number of fused-ring (bicyclic) bond motifs is 1. The lowest BCUT2D eigenvalue weighted by atomic mass is 9.78. The highest BCUT2D eigenvalue weighted by Gasteiger charge is 2.58. The highest BCUT2D eigenvalue weighted by molar-refractivity contribution is 5.92. The van der Waals surface area contributed by atoms with Crippen LogP contribution in [0.25, 0.3) is 10.9 Å². The standard InChI is InChI=1S/C28H34F4N6O4/c1-37-22-6-4-17(27(29,42-3)28(30,31)32)12-21(22)25(36-37)34-14-24(39)35-18-15-38(16-18)19-8-10-26(40,11-9-19)23-7-5-20(41-2)13-33-23/h4-7,12-13,18-19,40H,8-11,14-16H2,1-3H3,(H,34,36)(H,35,39). The molecule has 1 amide bonds. The number of halogens is 4. The summed E-state index contributed by atoms with van der Waals surface area (Å²) in [5.41, 5.74) is -0.589. The summed E-state index contributed by atoms with van der Waals surface area (Å²) in [5.74, 6) is -3.49. The summed E-state index contributed by atoms with van der Waals surface area (Å²) in [6, 6.07) is 7.20. The number of likely N-dealkylation sites (tertiary alicyclic amines) is 1. The molecule has 3 heterocycles. The van der Waals surface area contributed by atoms with Crippen molar-refractivity contribution >= 4 is 22.6 Å². The Morgan fingerprint density at radius 2 is 1.86 bits per heavy atom. The van der Waals surface area contributed by atoms with Crippen LogP contribution < -0.4 is 15.4 Å². The zero-order valence-corrected chi connectivity index (χ0v) is 23.5. The first kappa shape index (κ1) is 30.0. The number of aryl methyl sites for hydroxylation is 1. The highest BCUT2D eigenvalue weighted by Crippen LogP contribution is 2.44. The molecule has 1 atom stereocenters. The fourth-order valence-electron chi connectivity index (χ4n) is 5.82. The van der Waals surface area contributed by atoms with Gasteiger partial charge in [0.2, 0.25) is 5.91 Å². The number of amides is 1. The van der Waals surface area contributed by atoms with Gasteiger partial charge < -0.3 is 25.2 Å². The van der Waals surface area contributed by atoms with Gasteiger partial charge >= 0.3 is 12.0 Å². The van der Waals surface area contributed by atoms with Crippen molar-refractivity contribution < 1.29 is 36.9 Å². The van der Waals surface area contributed by atoms with Crippen LogP contribution in [-0.4, -0.2) is 82.8 Å². The molecule has 1 aliphatic carbocycles. The fraction of sp³-hybridized carbons (Fsp3) is 0.536. The van der Waals surface area contributed by atoms with E-state index in [9.17, 15) is 27.5 Å². The van der Waals surface area contributed by atoms with Gasteiger partial charge in [0, 0.05) is 44.2 Å². The molecule has 5 rings (SSSR count). The Bertz CT molecular complexity index is 1420. The number of aromatic nitrogens is 3. The van der Waals surface area contributed by atoms with E-state index in [4.69, 9.17) is 4.74 Å². The number of methoxy groups -OCH3 is 2. The highest BCUT2D eigenvalue weighted by atomic mass is 19.4. The zero-order valence-electron chi connectivity index (χ0n) is 23.5. The fourth-order valence-corrected chi connectivity index (χ4v) is 5.82. The van der Waals surface area contributed by atoms with E-state index in [-0.39, 0.29) is 29.7 Å². The Labute approximate surface area is 240 Å². The number of hydrogen-bond acceptors (Lipinski definition) is 8. The van der Waals surface area contributed by atoms with Gasteiger partial charge in [-0.15, -0.1) is 0 Å². The Morgan fingerprint density at radius 3 is 2.45 bits per heavy atom. The van der Waals surface area contributed by atoms with E-state index in [0.717, 1.165) is 25.0 Å². The predicted octanol–water partition coefficient (Wildman–Crippen LogP) is 3.35. The number of carbonyl (C=O) groups excluding carboxylic acids is 1. The SMILES string of the molecule is COc1ccc(C2(O)CCC(N3CC(NC(=O)CNc4nn(C)c5ccc(C(F)(OC)C(F)(F)F)cc45)C3)CC2)nc1. The largest absolute Gasteiger partial charge is 0.495 e. The summed E-state index contributed by atoms with van der Waals surface area (Å²) in [7, 11) is 3.82. The Balaban J connectivity index is 1.12. The zero-order chi connectivity index (χ0) is 30.3. The van der Waals surface area contributed by atoms with Crippen molar-refractivity contribution in [1.29, 1.82) is 0 Å². The van der Waals surface area contributed by atoms with Crippen LogP contribution in [0.3, 0.4) is 0 Å². The quantitative estimate of drug-likeness (QED) is 0.324. The molecular weight excluding hydrogens is 560 g/mol. The lowest BCUT2D eigenvalue weighted by molar-refractivity contribution is -0.333. The summed E-state index contributed by atoms with van der Waals surface area (Å²) >= 11 is 0. The van der Waals surface area contributed by atoms with E-state index in [1.54, 1.807) is 32.5 Å². The van der Waals surface area contributed by atoms with Crippen LogP contribution in [0.1, 0.15) is 36.9 Å². The first-order chi connectivity index (χ1) is 19.9. The molecule has 228 valence electrons. The van der Waals surface area contributed by atoms with Gasteiger partial charge in [0.15, 0.2) is 5.82 Å². The smallest absolute Gasteiger partial charge is 0.453 e. The Kier molecular flexibility index (Phi) is 8.07. The number of anilines is 1. The van der Waals surface area contributed by atoms with Gasteiger partial charge in [0.1, 0.15) is 11.4 Å². The van der Waals surface area contributed by atoms with Crippen LogP contribution in [0.15, 0.2) is 36.5 Å². The number of pyridine rings is 1. The minimum Gasteiger partial charge on any atom is -0.495 e. The summed E-state index contributed by atoms with van der Waals surface area (Å²) in [5, 5.41) is 21.4. The van der Waals surface area contributed by atoms with Gasteiger partial charge in [0.05, 0.1) is 37.1 Å². The van der Waals surface area contributed by atoms with Crippen molar-refractivity contribution in [3.63, 3.8) is 0 Å². The molecule has 1 aromatic carbocycles. The lowest BCUT2D eigenvalue weighted by Gasteiger charge is -2.48. The number of carbonyl (C=O) groups is 1. The second kappa shape index (κ2) is 11.3. The van der Waals surface area contributed by atoms with E-state index in [1.165, 1.54) is 10.7 Å². The normalized spacial score (nSPS) is 23.3. The number of benzene rings is 1. The molecule has 0 radical (unpaired) electrons. The molecule has 2 fully saturated rings. The average molecular weight is 595 g/mol. The second-order valence-electron chi connectivity index (χ2n) is 10.9. The summed E-state index contributed by atoms with van der Waals surface area (Å²) in [6.07, 6.45) is -0.893. The molecule has 1 saturated heterocycles. The topological polar surface area (TPSA) is 114 Å². The van der Waals surface area contributed by atoms with Gasteiger partial charge in [-0.3, -0.25) is 19.4 Å². The molecule has 2 aromatic heterocycles. The van der Waals surface area contributed by atoms with Crippen molar-refractivity contribution in [2.24, 2.45) is 7.05 Å². The molecule has 1 aliphatic heterocycles. The molecule has 0 spiro atoms. The van der Waals surface area contributed by atoms with E-state index >= 15 is 0 Å². The molecule has 1 unspecified atom stereocenters.